The van der Waals surface area contributed by atoms with E-state index in [9.17, 15) is 0 Å². The van der Waals surface area contributed by atoms with E-state index < -0.39 is 0 Å². The van der Waals surface area contributed by atoms with Crippen molar-refractivity contribution < 1.29 is 0 Å². The molecule has 1 N–H and O–H groups in total. The van der Waals surface area contributed by atoms with Gasteiger partial charge in [-0.2, -0.15) is 0 Å². The Balaban J connectivity index is 2.89. The van der Waals surface area contributed by atoms with Crippen LogP contribution in [0.5, 0.6) is 0 Å². The summed E-state index contributed by atoms with van der Waals surface area (Å²) in [5.74, 6) is 0.541. The fourth-order valence-corrected chi connectivity index (χ4v) is 1.62. The van der Waals surface area contributed by atoms with E-state index >= 15 is 0 Å². The molecule has 0 aliphatic heterocycles. The molecule has 1 aromatic rings. The van der Waals surface area contributed by atoms with E-state index in [4.69, 9.17) is 0 Å². The first-order valence-corrected chi connectivity index (χ1v) is 6.65. The van der Waals surface area contributed by atoms with Gasteiger partial charge in [0.05, 0.1) is 0 Å². The van der Waals surface area contributed by atoms with E-state index in [-0.39, 0.29) is 5.54 Å². The highest BCUT2D eigenvalue weighted by Crippen LogP contribution is 2.17. The molecular formula is C16H26N2. The molecule has 0 bridgehead atoms. The lowest BCUT2D eigenvalue weighted by Crippen LogP contribution is -2.37. The first-order chi connectivity index (χ1) is 8.29. The van der Waals surface area contributed by atoms with Gasteiger partial charge in [0.1, 0.15) is 0 Å². The largest absolute Gasteiger partial charge is 0.308 e. The molecular weight excluding hydrogens is 220 g/mol. The van der Waals surface area contributed by atoms with Crippen molar-refractivity contribution in [3.05, 3.63) is 35.2 Å². The van der Waals surface area contributed by atoms with Crippen LogP contribution in [0.15, 0.2) is 24.0 Å². The van der Waals surface area contributed by atoms with Crippen molar-refractivity contribution in [1.29, 1.82) is 0 Å². The second kappa shape index (κ2) is 6.14. The molecule has 0 saturated heterocycles. The zero-order valence-electron chi connectivity index (χ0n) is 12.5. The van der Waals surface area contributed by atoms with Gasteiger partial charge in [-0.05, 0) is 50.8 Å². The smallest absolute Gasteiger partial charge is 0.0342 e. The molecule has 0 aliphatic carbocycles. The molecule has 1 rings (SSSR count). The number of aromatic nitrogens is 1. The molecule has 0 saturated carbocycles. The molecule has 1 heterocycles. The minimum atomic E-state index is 0.151. The lowest BCUT2D eigenvalue weighted by molar-refractivity contribution is 0.437. The van der Waals surface area contributed by atoms with Gasteiger partial charge >= 0.3 is 0 Å². The van der Waals surface area contributed by atoms with Crippen molar-refractivity contribution in [3.63, 3.8) is 0 Å². The molecule has 1 aromatic heterocycles. The summed E-state index contributed by atoms with van der Waals surface area (Å²) in [5.41, 5.74) is 4.06. The maximum absolute atomic E-state index is 4.20. The molecule has 0 aliphatic rings. The molecule has 0 radical (unpaired) electrons. The maximum atomic E-state index is 4.20. The first-order valence-electron chi connectivity index (χ1n) is 6.65. The number of aryl methyl sites for hydroxylation is 1. The van der Waals surface area contributed by atoms with Crippen molar-refractivity contribution >= 4 is 6.08 Å². The molecule has 100 valence electrons. The van der Waals surface area contributed by atoms with Crippen molar-refractivity contribution in [1.82, 2.24) is 10.3 Å². The van der Waals surface area contributed by atoms with E-state index in [1.807, 2.05) is 12.4 Å². The standard InChI is InChI=1S/C16H26N2/c1-12(2)14(11-18-16(4,5)6)9-15-10-17-8-7-13(15)3/h7-10,12,18H,11H2,1-6H3/b14-9+. The molecule has 0 aromatic carbocycles. The predicted octanol–water partition coefficient (Wildman–Crippen LogP) is 3.82. The fraction of sp³-hybridized carbons (Fsp3) is 0.562. The van der Waals surface area contributed by atoms with Crippen LogP contribution in [-0.4, -0.2) is 17.1 Å². The predicted molar refractivity (Wildman–Crippen MR) is 79.5 cm³/mol. The summed E-state index contributed by atoms with van der Waals surface area (Å²) >= 11 is 0. The quantitative estimate of drug-likeness (QED) is 0.873. The highest BCUT2D eigenvalue weighted by Gasteiger charge is 2.11. The van der Waals surface area contributed by atoms with Crippen molar-refractivity contribution in [2.75, 3.05) is 6.54 Å². The highest BCUT2D eigenvalue weighted by atomic mass is 14.9. The first kappa shape index (κ1) is 14.9. The Morgan fingerprint density at radius 1 is 1.39 bits per heavy atom. The average molecular weight is 246 g/mol. The van der Waals surface area contributed by atoms with Crippen LogP contribution in [0.4, 0.5) is 0 Å². The lowest BCUT2D eigenvalue weighted by Gasteiger charge is -2.23. The Hall–Kier alpha value is -1.15. The van der Waals surface area contributed by atoms with Gasteiger partial charge in [0, 0.05) is 24.5 Å². The highest BCUT2D eigenvalue weighted by molar-refractivity contribution is 5.56. The monoisotopic (exact) mass is 246 g/mol. The molecule has 18 heavy (non-hydrogen) atoms. The number of hydrogen-bond acceptors (Lipinski definition) is 2. The molecule has 2 nitrogen and oxygen atoms in total. The van der Waals surface area contributed by atoms with E-state index in [0.717, 1.165) is 6.54 Å². The normalized spacial score (nSPS) is 13.2. The van der Waals surface area contributed by atoms with Crippen molar-refractivity contribution in [3.8, 4) is 0 Å². The third-order valence-corrected chi connectivity index (χ3v) is 2.98. The van der Waals surface area contributed by atoms with Crippen molar-refractivity contribution in [2.45, 2.75) is 47.1 Å². The summed E-state index contributed by atoms with van der Waals surface area (Å²) in [6.45, 7) is 14.1. The Morgan fingerprint density at radius 3 is 2.56 bits per heavy atom. The topological polar surface area (TPSA) is 24.9 Å². The van der Waals surface area contributed by atoms with Crippen LogP contribution < -0.4 is 5.32 Å². The number of hydrogen-bond donors (Lipinski definition) is 1. The Bertz CT molecular complexity index is 411. The SMILES string of the molecule is Cc1ccncc1/C=C(\CNC(C)(C)C)C(C)C. The van der Waals surface area contributed by atoms with Crippen LogP contribution in [0, 0.1) is 12.8 Å². The summed E-state index contributed by atoms with van der Waals surface area (Å²) < 4.78 is 0. The van der Waals surface area contributed by atoms with Gasteiger partial charge in [-0.1, -0.05) is 25.5 Å². The zero-order chi connectivity index (χ0) is 13.8. The van der Waals surface area contributed by atoms with Gasteiger partial charge in [0.25, 0.3) is 0 Å². The summed E-state index contributed by atoms with van der Waals surface area (Å²) in [7, 11) is 0. The average Bonchev–Trinajstić information content (AvgIpc) is 2.24. The van der Waals surface area contributed by atoms with Crippen molar-refractivity contribution in [2.24, 2.45) is 5.92 Å². The third kappa shape index (κ3) is 5.01. The van der Waals surface area contributed by atoms with Crippen LogP contribution in [0.3, 0.4) is 0 Å². The van der Waals surface area contributed by atoms with Gasteiger partial charge in [0.2, 0.25) is 0 Å². The Morgan fingerprint density at radius 2 is 2.06 bits per heavy atom. The summed E-state index contributed by atoms with van der Waals surface area (Å²) in [6, 6.07) is 2.06. The van der Waals surface area contributed by atoms with Gasteiger partial charge in [0.15, 0.2) is 0 Å². The molecule has 0 unspecified atom stereocenters. The molecule has 0 fully saturated rings. The summed E-state index contributed by atoms with van der Waals surface area (Å²) in [6.07, 6.45) is 6.05. The van der Waals surface area contributed by atoms with E-state index in [1.54, 1.807) is 0 Å². The minimum absolute atomic E-state index is 0.151. The van der Waals surface area contributed by atoms with Gasteiger partial charge < -0.3 is 5.32 Å². The Labute approximate surface area is 112 Å². The van der Waals surface area contributed by atoms with Gasteiger partial charge in [-0.15, -0.1) is 0 Å². The maximum Gasteiger partial charge on any atom is 0.0342 e. The second-order valence-electron chi connectivity index (χ2n) is 6.21. The molecule has 2 heteroatoms. The summed E-state index contributed by atoms with van der Waals surface area (Å²) in [5, 5.41) is 3.55. The van der Waals surface area contributed by atoms with E-state index in [0.29, 0.717) is 5.92 Å². The number of nitrogens with one attached hydrogen (secondary N) is 1. The number of rotatable bonds is 4. The number of nitrogens with zero attached hydrogens (tertiary/aromatic N) is 1. The van der Waals surface area contributed by atoms with Crippen LogP contribution in [0.1, 0.15) is 45.7 Å². The van der Waals surface area contributed by atoms with Crippen LogP contribution in [0.2, 0.25) is 0 Å². The zero-order valence-corrected chi connectivity index (χ0v) is 12.5. The second-order valence-corrected chi connectivity index (χ2v) is 6.21. The van der Waals surface area contributed by atoms with E-state index in [1.165, 1.54) is 16.7 Å². The molecule has 0 spiro atoms. The van der Waals surface area contributed by atoms with Gasteiger partial charge in [-0.25, -0.2) is 0 Å². The van der Waals surface area contributed by atoms with Crippen LogP contribution in [-0.2, 0) is 0 Å². The summed E-state index contributed by atoms with van der Waals surface area (Å²) in [4.78, 5) is 4.20. The lowest BCUT2D eigenvalue weighted by atomic mass is 9.98. The van der Waals surface area contributed by atoms with Crippen LogP contribution in [0.25, 0.3) is 6.08 Å². The van der Waals surface area contributed by atoms with Crippen LogP contribution >= 0.6 is 0 Å². The Kier molecular flexibility index (Phi) is 5.09. The molecule has 0 atom stereocenters. The minimum Gasteiger partial charge on any atom is -0.308 e. The third-order valence-electron chi connectivity index (χ3n) is 2.98. The fourth-order valence-electron chi connectivity index (χ4n) is 1.62. The number of pyridine rings is 1. The van der Waals surface area contributed by atoms with E-state index in [2.05, 4.69) is 64.0 Å². The van der Waals surface area contributed by atoms with Gasteiger partial charge in [-0.3, -0.25) is 4.98 Å². The molecule has 0 amide bonds.